The number of hydrazone groups is 1. The Kier molecular flexibility index (Phi) is 16.7. The van der Waals surface area contributed by atoms with E-state index in [-0.39, 0.29) is 36.9 Å². The molecule has 0 aromatic heterocycles. The highest BCUT2D eigenvalue weighted by molar-refractivity contribution is 6.15. The Labute approximate surface area is 176 Å². The molecule has 1 fully saturated rings. The molecule has 2 N–H and O–H groups in total. The molecule has 1 saturated heterocycles. The number of imide groups is 1. The highest BCUT2D eigenvalue weighted by atomic mass is 35.5. The van der Waals surface area contributed by atoms with Crippen molar-refractivity contribution in [3.05, 3.63) is 0 Å². The number of esters is 1. The topological polar surface area (TPSA) is 135 Å². The van der Waals surface area contributed by atoms with Crippen LogP contribution in [0.4, 0.5) is 4.79 Å². The molecule has 0 aromatic carbocycles. The van der Waals surface area contributed by atoms with Crippen LogP contribution in [0.15, 0.2) is 5.10 Å². The minimum absolute atomic E-state index is 0.145. The van der Waals surface area contributed by atoms with Gasteiger partial charge in [-0.1, -0.05) is 27.7 Å². The van der Waals surface area contributed by atoms with Gasteiger partial charge in [0.1, 0.15) is 6.61 Å². The molecular formula is C18H32ClN3O7. The smallest absolute Gasteiger partial charge is 0.346 e. The number of carbonyl (C=O) groups excluding carboxylic acids is 3. The van der Waals surface area contributed by atoms with Gasteiger partial charge in [0.25, 0.3) is 0 Å². The maximum atomic E-state index is 11.7. The predicted molar refractivity (Wildman–Crippen MR) is 109 cm³/mol. The van der Waals surface area contributed by atoms with Gasteiger partial charge in [-0.3, -0.25) is 19.7 Å². The van der Waals surface area contributed by atoms with Crippen molar-refractivity contribution in [2.24, 2.45) is 16.9 Å². The minimum atomic E-state index is -0.741. The molecule has 29 heavy (non-hydrogen) atoms. The number of halogens is 1. The van der Waals surface area contributed by atoms with Crippen LogP contribution in [0.25, 0.3) is 0 Å². The number of carboxylic acids is 1. The van der Waals surface area contributed by atoms with Crippen molar-refractivity contribution in [2.45, 2.75) is 59.8 Å². The molecule has 3 amide bonds. The van der Waals surface area contributed by atoms with Crippen molar-refractivity contribution >= 4 is 42.2 Å². The van der Waals surface area contributed by atoms with E-state index in [1.54, 1.807) is 34.6 Å². The molecule has 1 heterocycles. The predicted octanol–water partition coefficient (Wildman–Crippen LogP) is 2.45. The third-order valence-corrected chi connectivity index (χ3v) is 3.37. The van der Waals surface area contributed by atoms with Crippen molar-refractivity contribution < 1.29 is 33.8 Å². The number of aliphatic carboxylic acids is 1. The van der Waals surface area contributed by atoms with Gasteiger partial charge in [-0.05, 0) is 19.8 Å². The Bertz CT molecular complexity index is 542. The maximum absolute atomic E-state index is 11.7. The number of amides is 3. The molecule has 10 nitrogen and oxygen atoms in total. The van der Waals surface area contributed by atoms with Gasteiger partial charge in [-0.15, -0.1) is 11.6 Å². The molecule has 0 aliphatic carbocycles. The van der Waals surface area contributed by atoms with Crippen molar-refractivity contribution in [2.75, 3.05) is 13.0 Å². The third kappa shape index (κ3) is 12.8. The number of carbonyl (C=O) groups is 4. The molecule has 0 aromatic rings. The van der Waals surface area contributed by atoms with Crippen LogP contribution in [0.5, 0.6) is 0 Å². The summed E-state index contributed by atoms with van der Waals surface area (Å²) in [7, 11) is 0. The molecule has 0 radical (unpaired) electrons. The molecule has 0 bridgehead atoms. The Hall–Kier alpha value is -2.20. The van der Waals surface area contributed by atoms with Crippen LogP contribution in [0, 0.1) is 11.8 Å². The quantitative estimate of drug-likeness (QED) is 0.205. The number of alkyl halides is 1. The number of ether oxygens (including phenoxy) is 2. The van der Waals surface area contributed by atoms with E-state index < -0.39 is 18.2 Å². The lowest BCUT2D eigenvalue weighted by Gasteiger charge is -2.23. The third-order valence-electron chi connectivity index (χ3n) is 3.37. The van der Waals surface area contributed by atoms with Crippen molar-refractivity contribution in [3.8, 4) is 0 Å². The normalized spacial score (nSPS) is 17.7. The molecule has 168 valence electrons. The monoisotopic (exact) mass is 437 g/mol. The molecule has 11 heteroatoms. The molecular weight excluding hydrogens is 406 g/mol. The van der Waals surface area contributed by atoms with Crippen LogP contribution in [0.3, 0.4) is 0 Å². The molecule has 2 atom stereocenters. The van der Waals surface area contributed by atoms with E-state index >= 15 is 0 Å². The average molecular weight is 438 g/mol. The summed E-state index contributed by atoms with van der Waals surface area (Å²) < 4.78 is 10.7. The van der Waals surface area contributed by atoms with Crippen LogP contribution < -0.4 is 5.32 Å². The van der Waals surface area contributed by atoms with Crippen LogP contribution in [0.2, 0.25) is 0 Å². The van der Waals surface area contributed by atoms with Crippen LogP contribution in [-0.2, 0) is 23.9 Å². The van der Waals surface area contributed by atoms with E-state index in [9.17, 15) is 19.2 Å². The molecule has 1 aliphatic rings. The standard InChI is InChI=1S/C13H21N3O5.C4H8O2.CH3Cl/c1-4-15-16(13(19)14-8-17)11-6-5-10(21-11)7-20-12(18)9(2)3;1-3(2)4(5)6;1-2/h4,8-11H,5-7H2,1-3H3,(H,14,17,19);3H,1-2H3,(H,5,6);1H3/b15-4-;;. The first-order valence-electron chi connectivity index (χ1n) is 9.08. The summed E-state index contributed by atoms with van der Waals surface area (Å²) in [5.74, 6) is -1.45. The first kappa shape index (κ1) is 29.0. The first-order chi connectivity index (χ1) is 13.6. The molecule has 1 aliphatic heterocycles. The molecule has 0 saturated carbocycles. The molecule has 2 unspecified atom stereocenters. The lowest BCUT2D eigenvalue weighted by atomic mass is 10.2. The van der Waals surface area contributed by atoms with E-state index in [0.717, 1.165) is 5.01 Å². The highest BCUT2D eigenvalue weighted by Gasteiger charge is 2.33. The highest BCUT2D eigenvalue weighted by Crippen LogP contribution is 2.23. The average Bonchev–Trinajstić information content (AvgIpc) is 3.14. The Morgan fingerprint density at radius 1 is 1.24 bits per heavy atom. The second-order valence-electron chi connectivity index (χ2n) is 6.35. The number of hydrogen-bond donors (Lipinski definition) is 2. The van der Waals surface area contributed by atoms with Gasteiger partial charge in [0, 0.05) is 12.6 Å². The van der Waals surface area contributed by atoms with E-state index in [4.69, 9.17) is 14.6 Å². The van der Waals surface area contributed by atoms with Crippen molar-refractivity contribution in [3.63, 3.8) is 0 Å². The fourth-order valence-corrected chi connectivity index (χ4v) is 1.83. The zero-order valence-electron chi connectivity index (χ0n) is 17.8. The molecule has 1 rings (SSSR count). The van der Waals surface area contributed by atoms with E-state index in [1.807, 2.05) is 5.32 Å². The van der Waals surface area contributed by atoms with Gasteiger partial charge in [-0.25, -0.2) is 4.79 Å². The zero-order valence-corrected chi connectivity index (χ0v) is 18.5. The number of urea groups is 1. The van der Waals surface area contributed by atoms with Crippen molar-refractivity contribution in [1.82, 2.24) is 10.3 Å². The summed E-state index contributed by atoms with van der Waals surface area (Å²) in [4.78, 5) is 43.1. The van der Waals surface area contributed by atoms with Gasteiger partial charge in [0.15, 0.2) is 6.23 Å². The second kappa shape index (κ2) is 16.7. The summed E-state index contributed by atoms with van der Waals surface area (Å²) in [5.41, 5.74) is 0. The Balaban J connectivity index is 0. The number of nitrogens with zero attached hydrogens (tertiary/aromatic N) is 2. The molecule has 0 spiro atoms. The van der Waals surface area contributed by atoms with Crippen LogP contribution in [0.1, 0.15) is 47.5 Å². The van der Waals surface area contributed by atoms with Gasteiger partial charge in [0.2, 0.25) is 6.41 Å². The zero-order chi connectivity index (χ0) is 23.0. The van der Waals surface area contributed by atoms with Gasteiger partial charge in [-0.2, -0.15) is 10.1 Å². The number of rotatable bonds is 7. The maximum Gasteiger partial charge on any atom is 0.346 e. The van der Waals surface area contributed by atoms with Crippen molar-refractivity contribution in [1.29, 1.82) is 0 Å². The van der Waals surface area contributed by atoms with E-state index in [1.165, 1.54) is 12.6 Å². The fourth-order valence-electron chi connectivity index (χ4n) is 1.83. The largest absolute Gasteiger partial charge is 0.481 e. The Morgan fingerprint density at radius 2 is 1.79 bits per heavy atom. The summed E-state index contributed by atoms with van der Waals surface area (Å²) in [6.07, 6.45) is 3.52. The van der Waals surface area contributed by atoms with Crippen LogP contribution in [-0.4, -0.2) is 66.0 Å². The number of carboxylic acid groups (broad SMARTS) is 1. The Morgan fingerprint density at radius 3 is 2.21 bits per heavy atom. The summed E-state index contributed by atoms with van der Waals surface area (Å²) in [5, 5.41) is 15.0. The van der Waals surface area contributed by atoms with Gasteiger partial charge >= 0.3 is 18.0 Å². The van der Waals surface area contributed by atoms with Gasteiger partial charge in [0.05, 0.1) is 17.9 Å². The van der Waals surface area contributed by atoms with E-state index in [2.05, 4.69) is 16.7 Å². The fraction of sp³-hybridized carbons (Fsp3) is 0.722. The SMILES string of the molecule is C/C=N\N(C(=O)NC=O)C1CCC(COC(=O)C(C)C)O1.CC(C)C(=O)O.CCl. The van der Waals surface area contributed by atoms with Gasteiger partial charge < -0.3 is 14.6 Å². The summed E-state index contributed by atoms with van der Waals surface area (Å²) in [6.45, 7) is 8.58. The van der Waals surface area contributed by atoms with E-state index in [0.29, 0.717) is 12.8 Å². The first-order valence-corrected chi connectivity index (χ1v) is 9.84. The number of hydrogen-bond acceptors (Lipinski definition) is 7. The second-order valence-corrected chi connectivity index (χ2v) is 6.35. The van der Waals surface area contributed by atoms with Crippen LogP contribution >= 0.6 is 11.6 Å². The summed E-state index contributed by atoms with van der Waals surface area (Å²) in [6, 6.07) is -0.659. The minimum Gasteiger partial charge on any atom is -0.481 e. The lowest BCUT2D eigenvalue weighted by molar-refractivity contribution is -0.152. The number of nitrogens with one attached hydrogen (secondary N) is 1. The lowest BCUT2D eigenvalue weighted by Crippen LogP contribution is -2.42. The summed E-state index contributed by atoms with van der Waals surface area (Å²) >= 11 is 4.64.